The first-order valence-electron chi connectivity index (χ1n) is 1.57. The van der Waals surface area contributed by atoms with Gasteiger partial charge in [-0.05, 0) is 0 Å². The first-order valence-corrected chi connectivity index (χ1v) is 1.57. The summed E-state index contributed by atoms with van der Waals surface area (Å²) in [7, 11) is 0. The van der Waals surface area contributed by atoms with Gasteiger partial charge in [-0.3, -0.25) is 4.89 Å². The predicted molar refractivity (Wildman–Crippen MR) is 17.9 cm³/mol. The van der Waals surface area contributed by atoms with Crippen LogP contribution in [0.1, 0.15) is 0 Å². The molecule has 0 bridgehead atoms. The standard InChI is InChI=1S/C3H2O4/c4-3(7-5)2-1-6-2/h1,5H. The van der Waals surface area contributed by atoms with Gasteiger partial charge >= 0.3 is 5.97 Å². The van der Waals surface area contributed by atoms with E-state index < -0.39 is 5.97 Å². The van der Waals surface area contributed by atoms with Crippen molar-refractivity contribution in [1.29, 1.82) is 0 Å². The van der Waals surface area contributed by atoms with Crippen molar-refractivity contribution in [3.8, 4) is 0 Å². The normalized spacial score (nSPS) is 14.1. The molecule has 4 nitrogen and oxygen atoms in total. The van der Waals surface area contributed by atoms with Crippen LogP contribution in [0.15, 0.2) is 12.0 Å². The van der Waals surface area contributed by atoms with Gasteiger partial charge in [-0.1, -0.05) is 0 Å². The van der Waals surface area contributed by atoms with Gasteiger partial charge in [-0.25, -0.2) is 4.79 Å². The van der Waals surface area contributed by atoms with Crippen molar-refractivity contribution >= 4 is 5.97 Å². The molecule has 0 aromatic heterocycles. The summed E-state index contributed by atoms with van der Waals surface area (Å²) in [6.07, 6.45) is 1.18. The molecular weight excluding hydrogens is 100 g/mol. The van der Waals surface area contributed by atoms with Crippen LogP contribution in [-0.2, 0) is 14.4 Å². The lowest BCUT2D eigenvalue weighted by molar-refractivity contribution is -0.230. The largest absolute Gasteiger partial charge is 0.450 e. The Morgan fingerprint density at radius 1 is 2.00 bits per heavy atom. The summed E-state index contributed by atoms with van der Waals surface area (Å²) in [6, 6.07) is 0. The van der Waals surface area contributed by atoms with Gasteiger partial charge in [0, 0.05) is 0 Å². The molecule has 7 heavy (non-hydrogen) atoms. The van der Waals surface area contributed by atoms with Crippen molar-refractivity contribution in [2.24, 2.45) is 0 Å². The SMILES string of the molecule is O=C(OO)C1=CO1. The van der Waals surface area contributed by atoms with E-state index in [2.05, 4.69) is 9.62 Å². The van der Waals surface area contributed by atoms with Gasteiger partial charge in [0.25, 0.3) is 0 Å². The average Bonchev–Trinajstić information content (AvgIpc) is 2.44. The highest BCUT2D eigenvalue weighted by Gasteiger charge is 2.21. The maximum absolute atomic E-state index is 9.91. The Kier molecular flexibility index (Phi) is 0.729. The van der Waals surface area contributed by atoms with Gasteiger partial charge in [-0.15, -0.1) is 0 Å². The van der Waals surface area contributed by atoms with E-state index in [1.165, 1.54) is 6.26 Å². The Labute approximate surface area is 38.9 Å². The molecule has 38 valence electrons. The average molecular weight is 102 g/mol. The van der Waals surface area contributed by atoms with E-state index in [-0.39, 0.29) is 5.76 Å². The second-order valence-corrected chi connectivity index (χ2v) is 0.979. The van der Waals surface area contributed by atoms with Crippen molar-refractivity contribution in [1.82, 2.24) is 0 Å². The molecule has 0 amide bonds. The number of hydrogen-bond acceptors (Lipinski definition) is 4. The van der Waals surface area contributed by atoms with Gasteiger partial charge in [-0.2, -0.15) is 5.26 Å². The molecule has 0 saturated heterocycles. The van der Waals surface area contributed by atoms with Crippen LogP contribution in [0.4, 0.5) is 0 Å². The third-order valence-electron chi connectivity index (χ3n) is 0.520. The minimum Gasteiger partial charge on any atom is -0.450 e. The van der Waals surface area contributed by atoms with Crippen molar-refractivity contribution in [3.63, 3.8) is 0 Å². The zero-order valence-electron chi connectivity index (χ0n) is 3.25. The Morgan fingerprint density at radius 2 is 2.57 bits per heavy atom. The molecular formula is C3H2O4. The van der Waals surface area contributed by atoms with Gasteiger partial charge in [0.1, 0.15) is 6.26 Å². The van der Waals surface area contributed by atoms with Crippen LogP contribution in [0.2, 0.25) is 0 Å². The molecule has 0 saturated carbocycles. The molecule has 0 spiro atoms. The van der Waals surface area contributed by atoms with E-state index in [0.717, 1.165) is 0 Å². The predicted octanol–water partition coefficient (Wildman–Crippen LogP) is -0.126. The second kappa shape index (κ2) is 1.23. The molecule has 1 N–H and O–H groups in total. The smallest absolute Gasteiger partial charge is 0.410 e. The molecule has 1 aliphatic heterocycles. The molecule has 0 atom stereocenters. The van der Waals surface area contributed by atoms with Crippen LogP contribution in [0.5, 0.6) is 0 Å². The fourth-order valence-corrected chi connectivity index (χ4v) is 0.171. The minimum absolute atomic E-state index is 0.0579. The van der Waals surface area contributed by atoms with E-state index in [1.807, 2.05) is 0 Å². The molecule has 0 aromatic carbocycles. The maximum atomic E-state index is 9.91. The Hall–Kier alpha value is -1.03. The maximum Gasteiger partial charge on any atom is 0.410 e. The van der Waals surface area contributed by atoms with Gasteiger partial charge < -0.3 is 4.74 Å². The molecule has 1 rings (SSSR count). The van der Waals surface area contributed by atoms with E-state index >= 15 is 0 Å². The molecule has 0 fully saturated rings. The van der Waals surface area contributed by atoms with Gasteiger partial charge in [0.05, 0.1) is 0 Å². The summed E-state index contributed by atoms with van der Waals surface area (Å²) in [5.74, 6) is -0.789. The Bertz CT molecular complexity index is 125. The van der Waals surface area contributed by atoms with Crippen molar-refractivity contribution < 1.29 is 19.7 Å². The monoisotopic (exact) mass is 102 g/mol. The molecule has 1 aliphatic rings. The van der Waals surface area contributed by atoms with Gasteiger partial charge in [0.2, 0.25) is 5.76 Å². The van der Waals surface area contributed by atoms with Crippen LogP contribution in [-0.4, -0.2) is 11.2 Å². The van der Waals surface area contributed by atoms with Gasteiger partial charge in [0.15, 0.2) is 0 Å². The van der Waals surface area contributed by atoms with E-state index in [9.17, 15) is 4.79 Å². The van der Waals surface area contributed by atoms with Crippen LogP contribution in [0.25, 0.3) is 0 Å². The Morgan fingerprint density at radius 3 is 2.71 bits per heavy atom. The van der Waals surface area contributed by atoms with E-state index in [1.54, 1.807) is 0 Å². The fourth-order valence-electron chi connectivity index (χ4n) is 0.171. The zero-order valence-corrected chi connectivity index (χ0v) is 3.25. The summed E-state index contributed by atoms with van der Waals surface area (Å²) in [6.45, 7) is 0. The molecule has 1 heterocycles. The second-order valence-electron chi connectivity index (χ2n) is 0.979. The molecule has 4 heteroatoms. The highest BCUT2D eigenvalue weighted by molar-refractivity contribution is 5.88. The number of rotatable bonds is 1. The van der Waals surface area contributed by atoms with Crippen LogP contribution in [0, 0.1) is 0 Å². The van der Waals surface area contributed by atoms with Crippen molar-refractivity contribution in [2.75, 3.05) is 0 Å². The van der Waals surface area contributed by atoms with Crippen LogP contribution >= 0.6 is 0 Å². The van der Waals surface area contributed by atoms with E-state index in [0.29, 0.717) is 0 Å². The minimum atomic E-state index is -0.847. The summed E-state index contributed by atoms with van der Waals surface area (Å²) in [5, 5.41) is 7.57. The number of carbonyl (C=O) groups excluding carboxylic acids is 1. The summed E-state index contributed by atoms with van der Waals surface area (Å²) >= 11 is 0. The zero-order chi connectivity index (χ0) is 5.28. The number of ether oxygens (including phenoxy) is 1. The molecule has 0 unspecified atom stereocenters. The summed E-state index contributed by atoms with van der Waals surface area (Å²) in [5.41, 5.74) is 0. The van der Waals surface area contributed by atoms with E-state index in [4.69, 9.17) is 5.26 Å². The number of carbonyl (C=O) groups is 1. The lowest BCUT2D eigenvalue weighted by Gasteiger charge is -1.80. The highest BCUT2D eigenvalue weighted by Crippen LogP contribution is 2.13. The fraction of sp³-hybridized carbons (Fsp3) is 0. The Balaban J connectivity index is 2.39. The topological polar surface area (TPSA) is 59.1 Å². The first-order chi connectivity index (χ1) is 3.34. The third-order valence-corrected chi connectivity index (χ3v) is 0.520. The van der Waals surface area contributed by atoms with Crippen LogP contribution < -0.4 is 0 Å². The van der Waals surface area contributed by atoms with Crippen LogP contribution in [0.3, 0.4) is 0 Å². The van der Waals surface area contributed by atoms with Crippen molar-refractivity contribution in [2.45, 2.75) is 0 Å². The first kappa shape index (κ1) is 4.14. The highest BCUT2D eigenvalue weighted by atomic mass is 17.1. The molecule has 0 aromatic rings. The van der Waals surface area contributed by atoms with Crippen molar-refractivity contribution in [3.05, 3.63) is 12.0 Å². The third kappa shape index (κ3) is 0.690. The molecule has 0 radical (unpaired) electrons. The number of hydrogen-bond donors (Lipinski definition) is 1. The lowest BCUT2D eigenvalue weighted by atomic mass is 10.7. The lowest BCUT2D eigenvalue weighted by Crippen LogP contribution is -1.96. The quantitative estimate of drug-likeness (QED) is 0.370. The summed E-state index contributed by atoms with van der Waals surface area (Å²) in [4.78, 5) is 13.2. The summed E-state index contributed by atoms with van der Waals surface area (Å²) < 4.78 is 4.22. The molecule has 0 aliphatic carbocycles.